The number of hydrogen-bond donors (Lipinski definition) is 1. The van der Waals surface area contributed by atoms with E-state index in [1.165, 1.54) is 0 Å². The largest absolute Gasteiger partial charge is 0.457 e. The molecule has 2 nitrogen and oxygen atoms in total. The van der Waals surface area contributed by atoms with E-state index in [4.69, 9.17) is 10.5 Å². The molecular formula is C15H15Br2NO. The van der Waals surface area contributed by atoms with Crippen LogP contribution in [0.15, 0.2) is 51.4 Å². The molecule has 2 N–H and O–H groups in total. The van der Waals surface area contributed by atoms with Crippen molar-refractivity contribution in [2.24, 2.45) is 5.73 Å². The lowest BCUT2D eigenvalue weighted by atomic mass is 10.1. The van der Waals surface area contributed by atoms with Gasteiger partial charge in [0.15, 0.2) is 0 Å². The Bertz CT molecular complexity index is 553. The Labute approximate surface area is 130 Å². The van der Waals surface area contributed by atoms with Crippen molar-refractivity contribution in [2.45, 2.75) is 19.4 Å². The van der Waals surface area contributed by atoms with Gasteiger partial charge >= 0.3 is 0 Å². The summed E-state index contributed by atoms with van der Waals surface area (Å²) in [6.07, 6.45) is 0.783. The summed E-state index contributed by atoms with van der Waals surface area (Å²) in [6, 6.07) is 13.9. The van der Waals surface area contributed by atoms with Gasteiger partial charge in [-0.25, -0.2) is 0 Å². The molecular weight excluding hydrogens is 370 g/mol. The van der Waals surface area contributed by atoms with Crippen LogP contribution in [0.1, 0.15) is 12.5 Å². The smallest absolute Gasteiger partial charge is 0.130 e. The lowest BCUT2D eigenvalue weighted by molar-refractivity contribution is 0.473. The molecule has 0 aliphatic heterocycles. The third-order valence-corrected chi connectivity index (χ3v) is 3.63. The van der Waals surface area contributed by atoms with Crippen LogP contribution in [0, 0.1) is 0 Å². The fourth-order valence-electron chi connectivity index (χ4n) is 1.78. The van der Waals surface area contributed by atoms with E-state index in [1.807, 2.05) is 43.3 Å². The predicted octanol–water partition coefficient (Wildman–Crippen LogP) is 4.89. The number of rotatable bonds is 4. The first-order valence-corrected chi connectivity index (χ1v) is 7.60. The molecule has 0 amide bonds. The minimum absolute atomic E-state index is 0.0987. The molecule has 0 radical (unpaired) electrons. The Morgan fingerprint density at radius 3 is 2.32 bits per heavy atom. The van der Waals surface area contributed by atoms with Crippen LogP contribution < -0.4 is 10.5 Å². The first kappa shape index (κ1) is 14.6. The summed E-state index contributed by atoms with van der Waals surface area (Å²) >= 11 is 6.89. The molecule has 4 heteroatoms. The van der Waals surface area contributed by atoms with E-state index in [9.17, 15) is 0 Å². The second-order valence-corrected chi connectivity index (χ2v) is 6.32. The highest BCUT2D eigenvalue weighted by atomic mass is 79.9. The van der Waals surface area contributed by atoms with Gasteiger partial charge in [0.25, 0.3) is 0 Å². The molecule has 0 aromatic heterocycles. The normalized spacial score (nSPS) is 12.2. The van der Waals surface area contributed by atoms with Crippen LogP contribution in [0.25, 0.3) is 0 Å². The van der Waals surface area contributed by atoms with E-state index >= 15 is 0 Å². The Kier molecular flexibility index (Phi) is 5.02. The molecule has 0 spiro atoms. The van der Waals surface area contributed by atoms with Gasteiger partial charge < -0.3 is 10.5 Å². The Morgan fingerprint density at radius 2 is 1.68 bits per heavy atom. The van der Waals surface area contributed by atoms with E-state index in [-0.39, 0.29) is 6.04 Å². The maximum atomic E-state index is 5.92. The SMILES string of the molecule is CC(N)Cc1cc(Br)ccc1Oc1ccc(Br)cc1. The van der Waals surface area contributed by atoms with Crippen molar-refractivity contribution < 1.29 is 4.74 Å². The van der Waals surface area contributed by atoms with Crippen LogP contribution in [0.4, 0.5) is 0 Å². The van der Waals surface area contributed by atoms with E-state index in [0.717, 1.165) is 32.4 Å². The van der Waals surface area contributed by atoms with Crippen molar-refractivity contribution >= 4 is 31.9 Å². The Hall–Kier alpha value is -0.840. The van der Waals surface area contributed by atoms with Crippen molar-refractivity contribution in [2.75, 3.05) is 0 Å². The van der Waals surface area contributed by atoms with Crippen molar-refractivity contribution in [3.8, 4) is 11.5 Å². The summed E-state index contributed by atoms with van der Waals surface area (Å²) in [5.41, 5.74) is 6.98. The number of ether oxygens (including phenoxy) is 1. The van der Waals surface area contributed by atoms with Gasteiger partial charge in [0, 0.05) is 15.0 Å². The first-order valence-electron chi connectivity index (χ1n) is 6.02. The first-order chi connectivity index (χ1) is 9.04. The maximum absolute atomic E-state index is 5.92. The summed E-state index contributed by atoms with van der Waals surface area (Å²) in [5.74, 6) is 1.67. The molecule has 19 heavy (non-hydrogen) atoms. The van der Waals surface area contributed by atoms with Crippen molar-refractivity contribution in [1.82, 2.24) is 0 Å². The fourth-order valence-corrected chi connectivity index (χ4v) is 2.46. The maximum Gasteiger partial charge on any atom is 0.130 e. The number of halogens is 2. The van der Waals surface area contributed by atoms with E-state index in [0.29, 0.717) is 0 Å². The third-order valence-electron chi connectivity index (χ3n) is 2.61. The summed E-state index contributed by atoms with van der Waals surface area (Å²) < 4.78 is 7.99. The second kappa shape index (κ2) is 6.55. The van der Waals surface area contributed by atoms with Crippen LogP contribution >= 0.6 is 31.9 Å². The van der Waals surface area contributed by atoms with Crippen LogP contribution in [-0.4, -0.2) is 6.04 Å². The summed E-state index contributed by atoms with van der Waals surface area (Å²) in [4.78, 5) is 0. The van der Waals surface area contributed by atoms with E-state index in [2.05, 4.69) is 37.9 Å². The molecule has 1 unspecified atom stereocenters. The highest BCUT2D eigenvalue weighted by molar-refractivity contribution is 9.10. The van der Waals surface area contributed by atoms with E-state index < -0.39 is 0 Å². The number of hydrogen-bond acceptors (Lipinski definition) is 2. The fraction of sp³-hybridized carbons (Fsp3) is 0.200. The molecule has 0 bridgehead atoms. The summed E-state index contributed by atoms with van der Waals surface area (Å²) in [7, 11) is 0. The molecule has 2 aromatic rings. The van der Waals surface area contributed by atoms with Crippen LogP contribution in [0.3, 0.4) is 0 Å². The third kappa shape index (κ3) is 4.34. The molecule has 2 aromatic carbocycles. The molecule has 0 saturated carbocycles. The second-order valence-electron chi connectivity index (χ2n) is 4.49. The topological polar surface area (TPSA) is 35.2 Å². The zero-order valence-electron chi connectivity index (χ0n) is 10.6. The standard InChI is InChI=1S/C15H15Br2NO/c1-10(18)8-11-9-13(17)4-7-15(11)19-14-5-2-12(16)3-6-14/h2-7,9-10H,8,18H2,1H3. The van der Waals surface area contributed by atoms with Gasteiger partial charge in [-0.2, -0.15) is 0 Å². The van der Waals surface area contributed by atoms with Gasteiger partial charge in [-0.15, -0.1) is 0 Å². The molecule has 100 valence electrons. The molecule has 0 aliphatic rings. The monoisotopic (exact) mass is 383 g/mol. The molecule has 0 saturated heterocycles. The summed E-state index contributed by atoms with van der Waals surface area (Å²) in [6.45, 7) is 1.99. The number of nitrogens with two attached hydrogens (primary N) is 1. The molecule has 1 atom stereocenters. The quantitative estimate of drug-likeness (QED) is 0.813. The van der Waals surface area contributed by atoms with Crippen molar-refractivity contribution in [3.05, 3.63) is 57.0 Å². The van der Waals surface area contributed by atoms with Crippen LogP contribution in [-0.2, 0) is 6.42 Å². The van der Waals surface area contributed by atoms with E-state index in [1.54, 1.807) is 0 Å². The minimum Gasteiger partial charge on any atom is -0.457 e. The zero-order valence-corrected chi connectivity index (χ0v) is 13.7. The van der Waals surface area contributed by atoms with Gasteiger partial charge in [-0.3, -0.25) is 0 Å². The highest BCUT2D eigenvalue weighted by Crippen LogP contribution is 2.29. The highest BCUT2D eigenvalue weighted by Gasteiger charge is 2.08. The molecule has 0 aliphatic carbocycles. The molecule has 0 fully saturated rings. The Balaban J connectivity index is 2.26. The van der Waals surface area contributed by atoms with Gasteiger partial charge in [0.2, 0.25) is 0 Å². The molecule has 0 heterocycles. The average molecular weight is 385 g/mol. The van der Waals surface area contributed by atoms with Crippen molar-refractivity contribution in [1.29, 1.82) is 0 Å². The average Bonchev–Trinajstić information content (AvgIpc) is 2.34. The van der Waals surface area contributed by atoms with Gasteiger partial charge in [-0.1, -0.05) is 31.9 Å². The van der Waals surface area contributed by atoms with Gasteiger partial charge in [0.1, 0.15) is 11.5 Å². The van der Waals surface area contributed by atoms with Crippen LogP contribution in [0.2, 0.25) is 0 Å². The van der Waals surface area contributed by atoms with Gasteiger partial charge in [-0.05, 0) is 61.4 Å². The summed E-state index contributed by atoms with van der Waals surface area (Å²) in [5, 5.41) is 0. The zero-order chi connectivity index (χ0) is 13.8. The van der Waals surface area contributed by atoms with Crippen LogP contribution in [0.5, 0.6) is 11.5 Å². The predicted molar refractivity (Wildman–Crippen MR) is 85.7 cm³/mol. The number of benzene rings is 2. The van der Waals surface area contributed by atoms with Gasteiger partial charge in [0.05, 0.1) is 0 Å². The molecule has 2 rings (SSSR count). The Morgan fingerprint density at radius 1 is 1.05 bits per heavy atom. The minimum atomic E-state index is 0.0987. The lowest BCUT2D eigenvalue weighted by Crippen LogP contribution is -2.18. The van der Waals surface area contributed by atoms with Crippen molar-refractivity contribution in [3.63, 3.8) is 0 Å². The lowest BCUT2D eigenvalue weighted by Gasteiger charge is -2.13.